The summed E-state index contributed by atoms with van der Waals surface area (Å²) in [5, 5.41) is 9.75. The van der Waals surface area contributed by atoms with Gasteiger partial charge in [0.1, 0.15) is 11.5 Å². The number of nitrogens with zero attached hydrogens (tertiary/aromatic N) is 2. The number of rotatable bonds is 7. The number of alkyl halides is 3. The predicted molar refractivity (Wildman–Crippen MR) is 117 cm³/mol. The largest absolute Gasteiger partial charge is 0.573 e. The molecule has 0 radical (unpaired) electrons. The van der Waals surface area contributed by atoms with E-state index in [9.17, 15) is 22.8 Å². The highest BCUT2D eigenvalue weighted by Crippen LogP contribution is 2.32. The molecule has 0 unspecified atom stereocenters. The van der Waals surface area contributed by atoms with Gasteiger partial charge in [-0.05, 0) is 31.2 Å². The van der Waals surface area contributed by atoms with Gasteiger partial charge in [0.2, 0.25) is 11.8 Å². The first kappa shape index (κ1) is 23.1. The number of nitrogens with one attached hydrogen (secondary N) is 2. The van der Waals surface area contributed by atoms with E-state index in [0.29, 0.717) is 29.3 Å². The SMILES string of the molecule is CCOc1cccc(-n2nc(NC(=O)[C@@H]3CNC(=O)C3)cc2-c2cccc(OC(F)(F)F)c2)c1. The maximum Gasteiger partial charge on any atom is 0.573 e. The van der Waals surface area contributed by atoms with Crippen LogP contribution in [0.25, 0.3) is 16.9 Å². The van der Waals surface area contributed by atoms with Crippen molar-refractivity contribution in [2.45, 2.75) is 19.7 Å². The zero-order valence-electron chi connectivity index (χ0n) is 18.1. The Bertz CT molecular complexity index is 1210. The minimum atomic E-state index is -4.84. The average molecular weight is 474 g/mol. The highest BCUT2D eigenvalue weighted by atomic mass is 19.4. The van der Waals surface area contributed by atoms with E-state index >= 15 is 0 Å². The van der Waals surface area contributed by atoms with Crippen molar-refractivity contribution < 1.29 is 32.2 Å². The Balaban J connectivity index is 1.72. The van der Waals surface area contributed by atoms with Gasteiger partial charge in [0.25, 0.3) is 0 Å². The number of ether oxygens (including phenoxy) is 2. The second-order valence-electron chi connectivity index (χ2n) is 7.53. The number of carbonyl (C=O) groups excluding carboxylic acids is 2. The molecule has 0 spiro atoms. The molecule has 1 aliphatic heterocycles. The molecule has 4 rings (SSSR count). The van der Waals surface area contributed by atoms with Crippen molar-refractivity contribution in [2.24, 2.45) is 5.92 Å². The fourth-order valence-electron chi connectivity index (χ4n) is 3.59. The monoisotopic (exact) mass is 474 g/mol. The highest BCUT2D eigenvalue weighted by molar-refractivity contribution is 5.97. The van der Waals surface area contributed by atoms with Crippen molar-refractivity contribution in [3.63, 3.8) is 0 Å². The summed E-state index contributed by atoms with van der Waals surface area (Å²) in [5.41, 5.74) is 1.37. The zero-order valence-corrected chi connectivity index (χ0v) is 18.1. The topological polar surface area (TPSA) is 94.5 Å². The van der Waals surface area contributed by atoms with Gasteiger partial charge in [-0.3, -0.25) is 9.59 Å². The average Bonchev–Trinajstić information content (AvgIpc) is 3.40. The highest BCUT2D eigenvalue weighted by Gasteiger charge is 2.31. The molecule has 1 aliphatic rings. The number of hydrogen-bond acceptors (Lipinski definition) is 5. The number of carbonyl (C=O) groups is 2. The van der Waals surface area contributed by atoms with Gasteiger partial charge in [0, 0.05) is 30.7 Å². The van der Waals surface area contributed by atoms with Crippen LogP contribution in [0.5, 0.6) is 11.5 Å². The Hall–Kier alpha value is -4.02. The first-order valence-electron chi connectivity index (χ1n) is 10.5. The van der Waals surface area contributed by atoms with Gasteiger partial charge in [0.05, 0.1) is 23.9 Å². The summed E-state index contributed by atoms with van der Waals surface area (Å²) in [6.45, 7) is 2.52. The van der Waals surface area contributed by atoms with Crippen molar-refractivity contribution in [3.8, 4) is 28.4 Å². The van der Waals surface area contributed by atoms with Crippen molar-refractivity contribution in [1.29, 1.82) is 0 Å². The molecule has 0 saturated carbocycles. The second-order valence-corrected chi connectivity index (χ2v) is 7.53. The Labute approximate surface area is 192 Å². The van der Waals surface area contributed by atoms with Crippen LogP contribution in [-0.2, 0) is 9.59 Å². The summed E-state index contributed by atoms with van der Waals surface area (Å²) in [7, 11) is 0. The minimum absolute atomic E-state index is 0.0760. The molecular weight excluding hydrogens is 453 g/mol. The van der Waals surface area contributed by atoms with Gasteiger partial charge in [-0.1, -0.05) is 18.2 Å². The number of amides is 2. The summed E-state index contributed by atoms with van der Waals surface area (Å²) in [4.78, 5) is 24.0. The molecule has 1 aromatic heterocycles. The maximum absolute atomic E-state index is 12.7. The molecule has 1 atom stereocenters. The van der Waals surface area contributed by atoms with Crippen molar-refractivity contribution in [1.82, 2.24) is 15.1 Å². The molecule has 178 valence electrons. The van der Waals surface area contributed by atoms with Crippen LogP contribution in [0, 0.1) is 5.92 Å². The summed E-state index contributed by atoms with van der Waals surface area (Å²) >= 11 is 0. The molecule has 2 aromatic carbocycles. The van der Waals surface area contributed by atoms with Gasteiger partial charge in [-0.25, -0.2) is 4.68 Å². The molecule has 3 aromatic rings. The summed E-state index contributed by atoms with van der Waals surface area (Å²) < 4.78 is 49.3. The zero-order chi connectivity index (χ0) is 24.3. The fourth-order valence-corrected chi connectivity index (χ4v) is 3.59. The van der Waals surface area contributed by atoms with Crippen molar-refractivity contribution in [2.75, 3.05) is 18.5 Å². The van der Waals surface area contributed by atoms with Gasteiger partial charge in [-0.15, -0.1) is 18.3 Å². The van der Waals surface area contributed by atoms with Crippen LogP contribution in [0.3, 0.4) is 0 Å². The van der Waals surface area contributed by atoms with E-state index in [4.69, 9.17) is 4.74 Å². The first-order valence-corrected chi connectivity index (χ1v) is 10.5. The van der Waals surface area contributed by atoms with Crippen LogP contribution in [0.15, 0.2) is 54.6 Å². The Morgan fingerprint density at radius 2 is 1.94 bits per heavy atom. The lowest BCUT2D eigenvalue weighted by Gasteiger charge is -2.12. The molecule has 0 aliphatic carbocycles. The van der Waals surface area contributed by atoms with Crippen molar-refractivity contribution >= 4 is 17.6 Å². The Morgan fingerprint density at radius 1 is 1.18 bits per heavy atom. The molecule has 1 saturated heterocycles. The number of benzene rings is 2. The third-order valence-electron chi connectivity index (χ3n) is 5.05. The summed E-state index contributed by atoms with van der Waals surface area (Å²) in [6.07, 6.45) is -4.76. The number of anilines is 1. The Morgan fingerprint density at radius 3 is 2.65 bits per heavy atom. The molecular formula is C23H21F3N4O4. The molecule has 2 N–H and O–H groups in total. The van der Waals surface area contributed by atoms with Gasteiger partial charge in [0.15, 0.2) is 5.82 Å². The van der Waals surface area contributed by atoms with Crippen LogP contribution in [0.4, 0.5) is 19.0 Å². The first-order chi connectivity index (χ1) is 16.2. The summed E-state index contributed by atoms with van der Waals surface area (Å²) in [6, 6.07) is 14.0. The molecule has 2 amide bonds. The lowest BCUT2D eigenvalue weighted by molar-refractivity contribution is -0.274. The van der Waals surface area contributed by atoms with Gasteiger partial charge >= 0.3 is 6.36 Å². The lowest BCUT2D eigenvalue weighted by atomic mass is 10.1. The molecule has 0 bridgehead atoms. The Kier molecular flexibility index (Phi) is 6.44. The smallest absolute Gasteiger partial charge is 0.494 e. The van der Waals surface area contributed by atoms with Crippen molar-refractivity contribution in [3.05, 3.63) is 54.6 Å². The van der Waals surface area contributed by atoms with E-state index in [0.717, 1.165) is 0 Å². The molecule has 34 heavy (non-hydrogen) atoms. The normalized spacial score (nSPS) is 15.6. The van der Waals surface area contributed by atoms with E-state index in [-0.39, 0.29) is 36.3 Å². The molecule has 11 heteroatoms. The minimum Gasteiger partial charge on any atom is -0.494 e. The van der Waals surface area contributed by atoms with Gasteiger partial charge < -0.3 is 20.1 Å². The molecule has 1 fully saturated rings. The van der Waals surface area contributed by atoms with Crippen LogP contribution >= 0.6 is 0 Å². The van der Waals surface area contributed by atoms with Crippen LogP contribution in [0.2, 0.25) is 0 Å². The fraction of sp³-hybridized carbons (Fsp3) is 0.261. The quantitative estimate of drug-likeness (QED) is 0.542. The predicted octanol–water partition coefficient (Wildman–Crippen LogP) is 3.91. The van der Waals surface area contributed by atoms with E-state index in [1.807, 2.05) is 6.92 Å². The molecule has 2 heterocycles. The molecule has 8 nitrogen and oxygen atoms in total. The summed E-state index contributed by atoms with van der Waals surface area (Å²) in [5.74, 6) is -0.750. The number of aromatic nitrogens is 2. The standard InChI is InChI=1S/C23H21F3N4O4/c1-2-33-17-7-4-6-16(11-17)30-19(14-5-3-8-18(9-14)34-23(24,25)26)12-20(29-30)28-22(32)15-10-21(31)27-13-15/h3-9,11-12,15H,2,10,13H2,1H3,(H,27,31)(H,28,29,32)/t15-/m0/s1. The number of halogens is 3. The lowest BCUT2D eigenvalue weighted by Crippen LogP contribution is -2.24. The van der Waals surface area contributed by atoms with E-state index in [1.54, 1.807) is 36.4 Å². The third kappa shape index (κ3) is 5.48. The second kappa shape index (κ2) is 9.46. The van der Waals surface area contributed by atoms with E-state index in [1.165, 1.54) is 22.9 Å². The van der Waals surface area contributed by atoms with E-state index < -0.39 is 12.3 Å². The van der Waals surface area contributed by atoms with Gasteiger partial charge in [-0.2, -0.15) is 0 Å². The van der Waals surface area contributed by atoms with Crippen LogP contribution in [0.1, 0.15) is 13.3 Å². The van der Waals surface area contributed by atoms with Crippen LogP contribution < -0.4 is 20.1 Å². The van der Waals surface area contributed by atoms with Crippen LogP contribution in [-0.4, -0.2) is 41.1 Å². The number of hydrogen-bond donors (Lipinski definition) is 2. The van der Waals surface area contributed by atoms with E-state index in [2.05, 4.69) is 20.5 Å². The maximum atomic E-state index is 12.7. The third-order valence-corrected chi connectivity index (χ3v) is 5.05.